The fraction of sp³-hybridized carbons (Fsp3) is 0.500. The lowest BCUT2D eigenvalue weighted by Gasteiger charge is -2.37. The van der Waals surface area contributed by atoms with E-state index in [2.05, 4.69) is 49.0 Å². The number of allylic oxidation sites excluding steroid dienone is 1. The van der Waals surface area contributed by atoms with Gasteiger partial charge in [-0.25, -0.2) is 14.8 Å². The van der Waals surface area contributed by atoms with Gasteiger partial charge in [-0.15, -0.1) is 0 Å². The van der Waals surface area contributed by atoms with Gasteiger partial charge in [-0.1, -0.05) is 18.7 Å². The van der Waals surface area contributed by atoms with Crippen molar-refractivity contribution in [1.29, 1.82) is 0 Å². The molecule has 4 N–H and O–H groups in total. The quantitative estimate of drug-likeness (QED) is 0.231. The molecule has 6 aliphatic heterocycles. The number of fused-ring (bicyclic) bond motifs is 1. The summed E-state index contributed by atoms with van der Waals surface area (Å²) in [6.45, 7) is 11.7. The third-order valence-corrected chi connectivity index (χ3v) is 14.0. The molecule has 1 unspecified atom stereocenters. The molecular formula is C46H57N11O5. The topological polar surface area (TPSA) is 181 Å². The number of likely N-dealkylation sites (tertiary alicyclic amines) is 1. The Hall–Kier alpha value is -6.03. The first kappa shape index (κ1) is 41.3. The Labute approximate surface area is 362 Å². The molecule has 0 radical (unpaired) electrons. The van der Waals surface area contributed by atoms with Crippen molar-refractivity contribution in [3.05, 3.63) is 83.3 Å². The highest BCUT2D eigenvalue weighted by Gasteiger charge is 2.44. The molecule has 0 saturated carbocycles. The third kappa shape index (κ3) is 8.31. The van der Waals surface area contributed by atoms with Crippen molar-refractivity contribution >= 4 is 52.7 Å². The molecule has 326 valence electrons. The van der Waals surface area contributed by atoms with Crippen LogP contribution in [-0.2, 0) is 4.79 Å². The molecule has 9 rings (SSSR count). The number of carbonyl (C=O) groups is 5. The summed E-state index contributed by atoms with van der Waals surface area (Å²) < 4.78 is 0. The molecule has 0 bridgehead atoms. The molecule has 0 aliphatic carbocycles. The van der Waals surface area contributed by atoms with Crippen LogP contribution in [0.4, 0.5) is 27.8 Å². The number of amides is 6. The van der Waals surface area contributed by atoms with Crippen LogP contribution in [0.5, 0.6) is 0 Å². The lowest BCUT2D eigenvalue weighted by Crippen LogP contribution is -2.51. The van der Waals surface area contributed by atoms with Gasteiger partial charge in [-0.2, -0.15) is 0 Å². The van der Waals surface area contributed by atoms with Crippen LogP contribution in [-0.4, -0.2) is 137 Å². The molecule has 6 amide bonds. The first-order valence-corrected chi connectivity index (χ1v) is 22.3. The number of likely N-dealkylation sites (N-methyl/N-ethyl adjacent to an activating group) is 1. The SMILES string of the molecule is C=C1CCC(N2C(=O)c3ccc(N4CCC(CCN5CCC(c6ccc(Nc7nc(N8CCC[C@@H](N9CCN(C)C9=O)C8)cnc7C(N)=O)cc6)CC5)CC4)cc3C2=O)C(=O)N1. The molecule has 62 heavy (non-hydrogen) atoms. The Balaban J connectivity index is 0.734. The molecular weight excluding hydrogens is 787 g/mol. The summed E-state index contributed by atoms with van der Waals surface area (Å²) in [5.41, 5.74) is 10.2. The number of imide groups is 1. The van der Waals surface area contributed by atoms with Gasteiger partial charge in [0.05, 0.1) is 23.4 Å². The van der Waals surface area contributed by atoms with Gasteiger partial charge in [0.15, 0.2) is 11.5 Å². The van der Waals surface area contributed by atoms with Crippen molar-refractivity contribution in [1.82, 2.24) is 34.9 Å². The first-order valence-electron chi connectivity index (χ1n) is 22.3. The van der Waals surface area contributed by atoms with E-state index in [9.17, 15) is 24.0 Å². The monoisotopic (exact) mass is 843 g/mol. The maximum absolute atomic E-state index is 13.4. The van der Waals surface area contributed by atoms with Crippen molar-refractivity contribution in [3.8, 4) is 0 Å². The summed E-state index contributed by atoms with van der Waals surface area (Å²) in [5, 5.41) is 6.01. The maximum Gasteiger partial charge on any atom is 0.320 e. The van der Waals surface area contributed by atoms with Crippen molar-refractivity contribution in [2.45, 2.75) is 75.8 Å². The number of rotatable bonds is 11. The van der Waals surface area contributed by atoms with E-state index in [0.717, 1.165) is 114 Å². The first-order chi connectivity index (χ1) is 30.0. The van der Waals surface area contributed by atoms with Crippen LogP contribution in [0, 0.1) is 5.92 Å². The number of benzene rings is 2. The minimum absolute atomic E-state index is 0.0678. The molecule has 5 fully saturated rings. The number of nitrogens with one attached hydrogen (secondary N) is 2. The van der Waals surface area contributed by atoms with E-state index in [0.29, 0.717) is 59.7 Å². The van der Waals surface area contributed by atoms with Gasteiger partial charge in [0.2, 0.25) is 5.91 Å². The van der Waals surface area contributed by atoms with E-state index in [4.69, 9.17) is 10.7 Å². The summed E-state index contributed by atoms with van der Waals surface area (Å²) in [4.78, 5) is 85.4. The molecule has 0 spiro atoms. The summed E-state index contributed by atoms with van der Waals surface area (Å²) in [6, 6.07) is 13.3. The Morgan fingerprint density at radius 3 is 2.34 bits per heavy atom. The summed E-state index contributed by atoms with van der Waals surface area (Å²) in [6.07, 6.45) is 9.91. The van der Waals surface area contributed by atoms with Crippen LogP contribution < -0.4 is 26.2 Å². The van der Waals surface area contributed by atoms with Gasteiger partial charge in [-0.05, 0) is 125 Å². The number of hydrogen-bond donors (Lipinski definition) is 3. The Kier molecular flexibility index (Phi) is 11.6. The van der Waals surface area contributed by atoms with Crippen molar-refractivity contribution in [2.24, 2.45) is 11.7 Å². The van der Waals surface area contributed by atoms with Crippen LogP contribution in [0.15, 0.2) is 60.9 Å². The molecule has 2 atom stereocenters. The minimum atomic E-state index is -0.808. The molecule has 16 nitrogen and oxygen atoms in total. The Morgan fingerprint density at radius 2 is 1.63 bits per heavy atom. The standard InChI is InChI=1S/C46H57N11O5/c1-29-5-12-38(43(59)49-29)57-44(60)36-11-10-34(26-37(36)45(57)61)54-22-14-30(15-23-54)13-19-53-20-16-32(17-21-53)31-6-8-33(9-7-31)50-42-40(41(47)58)48-27-39(51-42)55-18-3-4-35(28-55)56-25-24-52(2)46(56)62/h6-11,26-27,30,32,35,38H,1,3-5,12-25,28H2,2H3,(H2,47,58)(H,49,59)(H,50,51)/t35-,38?/m1/s1. The van der Waals surface area contributed by atoms with Gasteiger partial charge < -0.3 is 40.9 Å². The highest BCUT2D eigenvalue weighted by atomic mass is 16.2. The molecule has 7 heterocycles. The van der Waals surface area contributed by atoms with Gasteiger partial charge in [-0.3, -0.25) is 24.1 Å². The number of primary amides is 1. The van der Waals surface area contributed by atoms with Crippen molar-refractivity contribution in [3.63, 3.8) is 0 Å². The van der Waals surface area contributed by atoms with E-state index in [1.54, 1.807) is 17.2 Å². The zero-order valence-corrected chi connectivity index (χ0v) is 35.6. The lowest BCUT2D eigenvalue weighted by molar-refractivity contribution is -0.125. The number of anilines is 4. The molecule has 16 heteroatoms. The van der Waals surface area contributed by atoms with Crippen LogP contribution in [0.1, 0.15) is 100 Å². The van der Waals surface area contributed by atoms with E-state index < -0.39 is 23.8 Å². The number of carbonyl (C=O) groups excluding carboxylic acids is 5. The molecule has 5 saturated heterocycles. The number of piperidine rings is 4. The molecule has 2 aromatic carbocycles. The van der Waals surface area contributed by atoms with Crippen LogP contribution >= 0.6 is 0 Å². The van der Waals surface area contributed by atoms with E-state index in [1.165, 1.54) is 5.56 Å². The van der Waals surface area contributed by atoms with Crippen molar-refractivity contribution in [2.75, 3.05) is 81.1 Å². The zero-order valence-electron chi connectivity index (χ0n) is 35.6. The van der Waals surface area contributed by atoms with E-state index in [-0.39, 0.29) is 23.7 Å². The Morgan fingerprint density at radius 1 is 0.871 bits per heavy atom. The number of hydrogen-bond acceptors (Lipinski definition) is 11. The molecule has 1 aromatic heterocycles. The molecule has 6 aliphatic rings. The van der Waals surface area contributed by atoms with E-state index in [1.807, 2.05) is 36.2 Å². The average molecular weight is 844 g/mol. The largest absolute Gasteiger partial charge is 0.371 e. The minimum Gasteiger partial charge on any atom is -0.371 e. The second-order valence-corrected chi connectivity index (χ2v) is 17.9. The molecule has 3 aromatic rings. The van der Waals surface area contributed by atoms with Crippen molar-refractivity contribution < 1.29 is 24.0 Å². The Bertz CT molecular complexity index is 2250. The fourth-order valence-corrected chi connectivity index (χ4v) is 10.3. The number of nitrogens with zero attached hydrogens (tertiary/aromatic N) is 8. The van der Waals surface area contributed by atoms with Gasteiger partial charge >= 0.3 is 6.03 Å². The van der Waals surface area contributed by atoms with E-state index >= 15 is 0 Å². The lowest BCUT2D eigenvalue weighted by atomic mass is 9.88. The second kappa shape index (κ2) is 17.4. The fourth-order valence-electron chi connectivity index (χ4n) is 10.3. The van der Waals surface area contributed by atoms with Gasteiger partial charge in [0.25, 0.3) is 17.7 Å². The zero-order chi connectivity index (χ0) is 43.1. The second-order valence-electron chi connectivity index (χ2n) is 17.9. The van der Waals surface area contributed by atoms with Gasteiger partial charge in [0, 0.05) is 63.4 Å². The summed E-state index contributed by atoms with van der Waals surface area (Å²) in [5.74, 6) is 0.289. The number of aromatic nitrogens is 2. The third-order valence-electron chi connectivity index (χ3n) is 14.0. The predicted octanol–water partition coefficient (Wildman–Crippen LogP) is 4.53. The maximum atomic E-state index is 13.4. The average Bonchev–Trinajstić information content (AvgIpc) is 3.75. The predicted molar refractivity (Wildman–Crippen MR) is 235 cm³/mol. The highest BCUT2D eigenvalue weighted by Crippen LogP contribution is 2.35. The van der Waals surface area contributed by atoms with Crippen LogP contribution in [0.25, 0.3) is 0 Å². The van der Waals surface area contributed by atoms with Gasteiger partial charge in [0.1, 0.15) is 11.9 Å². The van der Waals surface area contributed by atoms with Crippen LogP contribution in [0.2, 0.25) is 0 Å². The normalized spacial score (nSPS) is 23.0. The smallest absolute Gasteiger partial charge is 0.320 e. The number of nitrogens with two attached hydrogens (primary N) is 1. The highest BCUT2D eigenvalue weighted by molar-refractivity contribution is 6.23. The summed E-state index contributed by atoms with van der Waals surface area (Å²) >= 11 is 0. The summed E-state index contributed by atoms with van der Waals surface area (Å²) in [7, 11) is 1.84. The number of urea groups is 1. The van der Waals surface area contributed by atoms with Crippen LogP contribution in [0.3, 0.4) is 0 Å².